The topological polar surface area (TPSA) is 33.4 Å². The van der Waals surface area contributed by atoms with E-state index in [9.17, 15) is 5.11 Å². The molecule has 0 radical (unpaired) electrons. The molecule has 1 unspecified atom stereocenters. The van der Waals surface area contributed by atoms with E-state index < -0.39 is 5.60 Å². The maximum atomic E-state index is 11.0. The van der Waals surface area contributed by atoms with Gasteiger partial charge >= 0.3 is 0 Å². The molecule has 0 spiro atoms. The van der Waals surface area contributed by atoms with Gasteiger partial charge in [-0.05, 0) is 56.2 Å². The first kappa shape index (κ1) is 12.7. The highest BCUT2D eigenvalue weighted by Gasteiger charge is 2.41. The monoisotopic (exact) mass is 258 g/mol. The van der Waals surface area contributed by atoms with Gasteiger partial charge in [-0.2, -0.15) is 0 Å². The van der Waals surface area contributed by atoms with Crippen molar-refractivity contribution in [1.29, 1.82) is 0 Å². The zero-order valence-corrected chi connectivity index (χ0v) is 12.0. The lowest BCUT2D eigenvalue weighted by Gasteiger charge is -2.40. The predicted molar refractivity (Wildman–Crippen MR) is 77.1 cm³/mol. The minimum atomic E-state index is -0.797. The number of aliphatic hydroxyl groups is 1. The Morgan fingerprint density at radius 1 is 1.16 bits per heavy atom. The minimum absolute atomic E-state index is 0.182. The normalized spacial score (nSPS) is 26.7. The maximum absolute atomic E-state index is 11.0. The zero-order chi connectivity index (χ0) is 13.7. The van der Waals surface area contributed by atoms with Gasteiger partial charge in [0, 0.05) is 5.39 Å². The highest BCUT2D eigenvalue weighted by Crippen LogP contribution is 2.47. The lowest BCUT2D eigenvalue weighted by atomic mass is 9.69. The Balaban J connectivity index is 2.03. The van der Waals surface area contributed by atoms with Crippen LogP contribution in [0.15, 0.2) is 28.7 Å². The average molecular weight is 258 g/mol. The molecule has 1 aromatic carbocycles. The summed E-state index contributed by atoms with van der Waals surface area (Å²) in [7, 11) is 0. The first-order chi connectivity index (χ1) is 8.88. The van der Waals surface area contributed by atoms with Gasteiger partial charge in [0.05, 0.1) is 0 Å². The van der Waals surface area contributed by atoms with Gasteiger partial charge in [0.2, 0.25) is 0 Å². The van der Waals surface area contributed by atoms with Crippen LogP contribution in [0.4, 0.5) is 0 Å². The minimum Gasteiger partial charge on any atom is -0.458 e. The van der Waals surface area contributed by atoms with Crippen LogP contribution in [0.2, 0.25) is 0 Å². The van der Waals surface area contributed by atoms with Crippen molar-refractivity contribution in [1.82, 2.24) is 0 Å². The molecular weight excluding hydrogens is 236 g/mol. The number of aryl methyl sites for hydroxylation is 1. The Morgan fingerprint density at radius 2 is 1.95 bits per heavy atom. The van der Waals surface area contributed by atoms with Crippen molar-refractivity contribution in [3.05, 3.63) is 35.6 Å². The van der Waals surface area contributed by atoms with E-state index in [2.05, 4.69) is 26.8 Å². The number of fused-ring (bicyclic) bond motifs is 1. The molecule has 19 heavy (non-hydrogen) atoms. The van der Waals surface area contributed by atoms with Crippen molar-refractivity contribution >= 4 is 11.0 Å². The van der Waals surface area contributed by atoms with Crippen molar-refractivity contribution in [2.75, 3.05) is 0 Å². The van der Waals surface area contributed by atoms with Gasteiger partial charge in [0.25, 0.3) is 0 Å². The Bertz CT molecular complexity index is 609. The number of benzene rings is 1. The summed E-state index contributed by atoms with van der Waals surface area (Å²) in [4.78, 5) is 0. The van der Waals surface area contributed by atoms with Crippen molar-refractivity contribution in [3.63, 3.8) is 0 Å². The van der Waals surface area contributed by atoms with Crippen LogP contribution >= 0.6 is 0 Å². The van der Waals surface area contributed by atoms with Gasteiger partial charge in [-0.3, -0.25) is 0 Å². The van der Waals surface area contributed by atoms with Crippen LogP contribution in [0.1, 0.15) is 50.9 Å². The molecule has 0 bridgehead atoms. The Kier molecular flexibility index (Phi) is 2.75. The van der Waals surface area contributed by atoms with Crippen LogP contribution in [-0.2, 0) is 5.60 Å². The molecule has 3 rings (SSSR count). The fourth-order valence-corrected chi connectivity index (χ4v) is 3.43. The molecule has 2 nitrogen and oxygen atoms in total. The molecule has 1 fully saturated rings. The Labute approximate surface area is 114 Å². The fraction of sp³-hybridized carbons (Fsp3) is 0.529. The summed E-state index contributed by atoms with van der Waals surface area (Å²) in [5.41, 5.74) is 1.48. The Morgan fingerprint density at radius 3 is 2.68 bits per heavy atom. The quantitative estimate of drug-likeness (QED) is 0.815. The van der Waals surface area contributed by atoms with Crippen molar-refractivity contribution in [2.24, 2.45) is 5.41 Å². The summed E-state index contributed by atoms with van der Waals surface area (Å²) < 4.78 is 5.91. The van der Waals surface area contributed by atoms with Crippen LogP contribution < -0.4 is 0 Å². The molecule has 0 aliphatic heterocycles. The molecule has 1 atom stereocenters. The third kappa shape index (κ3) is 2.30. The molecule has 102 valence electrons. The zero-order valence-electron chi connectivity index (χ0n) is 12.0. The van der Waals surface area contributed by atoms with E-state index in [-0.39, 0.29) is 5.41 Å². The van der Waals surface area contributed by atoms with Crippen LogP contribution in [0, 0.1) is 12.3 Å². The summed E-state index contributed by atoms with van der Waals surface area (Å²) in [5.74, 6) is 0.737. The van der Waals surface area contributed by atoms with E-state index in [1.54, 1.807) is 0 Å². The predicted octanol–water partition coefficient (Wildman–Crippen LogP) is 4.53. The first-order valence-corrected chi connectivity index (χ1v) is 7.11. The smallest absolute Gasteiger partial charge is 0.136 e. The average Bonchev–Trinajstić information content (AvgIpc) is 2.70. The van der Waals surface area contributed by atoms with E-state index in [0.717, 1.165) is 36.0 Å². The van der Waals surface area contributed by atoms with Crippen LogP contribution in [-0.4, -0.2) is 5.11 Å². The van der Waals surface area contributed by atoms with E-state index >= 15 is 0 Å². The highest BCUT2D eigenvalue weighted by molar-refractivity contribution is 5.78. The van der Waals surface area contributed by atoms with Crippen molar-refractivity contribution in [3.8, 4) is 0 Å². The SMILES string of the molecule is Cc1ccc2oc(C3(O)CCCC(C)(C)C3)cc2c1. The summed E-state index contributed by atoms with van der Waals surface area (Å²) >= 11 is 0. The molecule has 2 heteroatoms. The highest BCUT2D eigenvalue weighted by atomic mass is 16.4. The van der Waals surface area contributed by atoms with Gasteiger partial charge in [-0.1, -0.05) is 25.5 Å². The van der Waals surface area contributed by atoms with Crippen LogP contribution in [0.3, 0.4) is 0 Å². The lowest BCUT2D eigenvalue weighted by Crippen LogP contribution is -2.36. The summed E-state index contributed by atoms with van der Waals surface area (Å²) in [6, 6.07) is 8.17. The second-order valence-corrected chi connectivity index (χ2v) is 6.88. The van der Waals surface area contributed by atoms with Gasteiger partial charge in [-0.15, -0.1) is 0 Å². The molecule has 1 heterocycles. The number of hydrogen-bond acceptors (Lipinski definition) is 2. The lowest BCUT2D eigenvalue weighted by molar-refractivity contribution is -0.0585. The molecule has 0 saturated heterocycles. The van der Waals surface area contributed by atoms with E-state index in [4.69, 9.17) is 4.42 Å². The second kappa shape index (κ2) is 4.11. The van der Waals surface area contributed by atoms with E-state index in [0.29, 0.717) is 0 Å². The van der Waals surface area contributed by atoms with Crippen molar-refractivity contribution < 1.29 is 9.52 Å². The van der Waals surface area contributed by atoms with Gasteiger partial charge in [-0.25, -0.2) is 0 Å². The first-order valence-electron chi connectivity index (χ1n) is 7.11. The Hall–Kier alpha value is -1.28. The van der Waals surface area contributed by atoms with Gasteiger partial charge in [0.1, 0.15) is 16.9 Å². The summed E-state index contributed by atoms with van der Waals surface area (Å²) in [6.45, 7) is 6.53. The van der Waals surface area contributed by atoms with Gasteiger partial charge in [0.15, 0.2) is 0 Å². The number of rotatable bonds is 1. The molecule has 1 aliphatic carbocycles. The third-order valence-electron chi connectivity index (χ3n) is 4.35. The van der Waals surface area contributed by atoms with E-state index in [1.165, 1.54) is 12.0 Å². The number of furan rings is 1. The third-order valence-corrected chi connectivity index (χ3v) is 4.35. The molecular formula is C17H22O2. The van der Waals surface area contributed by atoms with Crippen LogP contribution in [0.25, 0.3) is 11.0 Å². The molecule has 1 saturated carbocycles. The molecule has 2 aromatic rings. The van der Waals surface area contributed by atoms with Gasteiger partial charge < -0.3 is 9.52 Å². The second-order valence-electron chi connectivity index (χ2n) is 6.88. The maximum Gasteiger partial charge on any atom is 0.136 e. The molecule has 0 amide bonds. The largest absolute Gasteiger partial charge is 0.458 e. The van der Waals surface area contributed by atoms with Crippen molar-refractivity contribution in [2.45, 2.75) is 52.1 Å². The summed E-state index contributed by atoms with van der Waals surface area (Å²) in [6.07, 6.45) is 3.81. The molecule has 1 aliphatic rings. The molecule has 1 N–H and O–H groups in total. The fourth-order valence-electron chi connectivity index (χ4n) is 3.43. The number of hydrogen-bond donors (Lipinski definition) is 1. The van der Waals surface area contributed by atoms with E-state index in [1.807, 2.05) is 18.2 Å². The standard InChI is InChI=1S/C17H22O2/c1-12-5-6-14-13(9-12)10-15(19-14)17(18)8-4-7-16(2,3)11-17/h5-6,9-10,18H,4,7-8,11H2,1-3H3. The molecule has 1 aromatic heterocycles. The summed E-state index contributed by atoms with van der Waals surface area (Å²) in [5, 5.41) is 12.0. The van der Waals surface area contributed by atoms with Crippen LogP contribution in [0.5, 0.6) is 0 Å².